The van der Waals surface area contributed by atoms with Crippen LogP contribution in [0.4, 0.5) is 0 Å². The molecule has 0 atom stereocenters. The van der Waals surface area contributed by atoms with Crippen LogP contribution >= 0.6 is 34.2 Å². The zero-order valence-electron chi connectivity index (χ0n) is 20.2. The second kappa shape index (κ2) is 13.3. The highest BCUT2D eigenvalue weighted by molar-refractivity contribution is 14.1. The molecule has 37 heavy (non-hydrogen) atoms. The van der Waals surface area contributed by atoms with E-state index in [4.69, 9.17) is 21.1 Å². The van der Waals surface area contributed by atoms with E-state index in [2.05, 4.69) is 33.1 Å². The third-order valence-electron chi connectivity index (χ3n) is 5.54. The Labute approximate surface area is 235 Å². The van der Waals surface area contributed by atoms with Crippen LogP contribution in [0.25, 0.3) is 0 Å². The van der Waals surface area contributed by atoms with Gasteiger partial charge in [0.15, 0.2) is 11.5 Å². The maximum absolute atomic E-state index is 13.2. The summed E-state index contributed by atoms with van der Waals surface area (Å²) in [7, 11) is 0. The highest BCUT2D eigenvalue weighted by atomic mass is 127. The lowest BCUT2D eigenvalue weighted by atomic mass is 9.91. The summed E-state index contributed by atoms with van der Waals surface area (Å²) in [5, 5.41) is 4.93. The molecule has 7 heteroatoms. The average Bonchev–Trinajstić information content (AvgIpc) is 2.91. The second-order valence-electron chi connectivity index (χ2n) is 8.17. The zero-order valence-corrected chi connectivity index (χ0v) is 23.1. The Balaban J connectivity index is 1.50. The summed E-state index contributed by atoms with van der Waals surface area (Å²) in [4.78, 5) is 13.2. The molecule has 1 N–H and O–H groups in total. The summed E-state index contributed by atoms with van der Waals surface area (Å²) in [6, 6.07) is 30.7. The first-order valence-corrected chi connectivity index (χ1v) is 13.3. The maximum Gasteiger partial charge on any atom is 0.252 e. The van der Waals surface area contributed by atoms with Gasteiger partial charge < -0.3 is 9.47 Å². The number of rotatable bonds is 10. The van der Waals surface area contributed by atoms with E-state index in [-0.39, 0.29) is 5.91 Å². The number of carbonyl (C=O) groups is 1. The molecule has 0 saturated heterocycles. The number of amides is 1. The average molecular weight is 625 g/mol. The van der Waals surface area contributed by atoms with Crippen molar-refractivity contribution in [1.82, 2.24) is 5.43 Å². The predicted molar refractivity (Wildman–Crippen MR) is 157 cm³/mol. The number of halogens is 2. The van der Waals surface area contributed by atoms with Gasteiger partial charge in [-0.05, 0) is 76.0 Å². The van der Waals surface area contributed by atoms with E-state index in [1.54, 1.807) is 6.21 Å². The van der Waals surface area contributed by atoms with Crippen molar-refractivity contribution in [2.75, 3.05) is 6.61 Å². The Morgan fingerprint density at radius 3 is 2.16 bits per heavy atom. The van der Waals surface area contributed by atoms with Crippen molar-refractivity contribution in [3.8, 4) is 11.5 Å². The van der Waals surface area contributed by atoms with Crippen LogP contribution in [0.1, 0.15) is 35.1 Å². The molecule has 1 amide bonds. The standard InChI is InChI=1S/C30H26ClIN2O3/c1-2-36-27-18-22(17-26(32)29(27)37-20-21-13-15-25(31)16-14-21)19-33-34-30(35)28(23-9-5-3-6-10-23)24-11-7-4-8-12-24/h3-19,28H,2,20H2,1H3,(H,34,35)/b33-19+. The molecular formula is C30H26ClIN2O3. The van der Waals surface area contributed by atoms with Crippen molar-refractivity contribution in [2.45, 2.75) is 19.4 Å². The van der Waals surface area contributed by atoms with Gasteiger partial charge >= 0.3 is 0 Å². The van der Waals surface area contributed by atoms with Gasteiger partial charge in [-0.1, -0.05) is 84.4 Å². The lowest BCUT2D eigenvalue weighted by Crippen LogP contribution is -2.26. The van der Waals surface area contributed by atoms with E-state index < -0.39 is 5.92 Å². The number of hydrogen-bond acceptors (Lipinski definition) is 4. The fourth-order valence-electron chi connectivity index (χ4n) is 3.82. The summed E-state index contributed by atoms with van der Waals surface area (Å²) in [6.45, 7) is 2.79. The minimum atomic E-state index is -0.470. The first-order valence-electron chi connectivity index (χ1n) is 11.8. The second-order valence-corrected chi connectivity index (χ2v) is 9.77. The summed E-state index contributed by atoms with van der Waals surface area (Å²) >= 11 is 8.19. The fourth-order valence-corrected chi connectivity index (χ4v) is 4.73. The highest BCUT2D eigenvalue weighted by Crippen LogP contribution is 2.34. The predicted octanol–water partition coefficient (Wildman–Crippen LogP) is 7.20. The molecule has 0 aliphatic carbocycles. The normalized spacial score (nSPS) is 11.0. The van der Waals surface area contributed by atoms with E-state index in [0.717, 1.165) is 25.8 Å². The van der Waals surface area contributed by atoms with E-state index >= 15 is 0 Å². The summed E-state index contributed by atoms with van der Waals surface area (Å²) < 4.78 is 12.8. The molecule has 0 saturated carbocycles. The first kappa shape index (κ1) is 26.7. The molecule has 0 radical (unpaired) electrons. The van der Waals surface area contributed by atoms with E-state index in [1.165, 1.54) is 0 Å². The molecule has 188 valence electrons. The van der Waals surface area contributed by atoms with Gasteiger partial charge in [-0.25, -0.2) is 5.43 Å². The van der Waals surface area contributed by atoms with Crippen LogP contribution in [0.3, 0.4) is 0 Å². The van der Waals surface area contributed by atoms with Gasteiger partial charge in [0.1, 0.15) is 6.61 Å². The summed E-state index contributed by atoms with van der Waals surface area (Å²) in [5.41, 5.74) is 6.29. The molecule has 0 aromatic heterocycles. The molecule has 0 unspecified atom stereocenters. The Morgan fingerprint density at radius 2 is 1.57 bits per heavy atom. The quantitative estimate of drug-likeness (QED) is 0.115. The summed E-state index contributed by atoms with van der Waals surface area (Å²) in [5.74, 6) is 0.591. The van der Waals surface area contributed by atoms with Gasteiger partial charge in [-0.15, -0.1) is 0 Å². The van der Waals surface area contributed by atoms with Crippen LogP contribution in [0.15, 0.2) is 102 Å². The molecular weight excluding hydrogens is 599 g/mol. The molecule has 0 heterocycles. The molecule has 4 rings (SSSR count). The largest absolute Gasteiger partial charge is 0.490 e. The number of carbonyl (C=O) groups excluding carboxylic acids is 1. The molecule has 0 aliphatic rings. The Morgan fingerprint density at radius 1 is 0.946 bits per heavy atom. The van der Waals surface area contributed by atoms with Gasteiger partial charge in [-0.2, -0.15) is 5.10 Å². The fraction of sp³-hybridized carbons (Fsp3) is 0.133. The number of ether oxygens (including phenoxy) is 2. The van der Waals surface area contributed by atoms with Crippen molar-refractivity contribution in [1.29, 1.82) is 0 Å². The van der Waals surface area contributed by atoms with Crippen molar-refractivity contribution in [2.24, 2.45) is 5.10 Å². The lowest BCUT2D eigenvalue weighted by molar-refractivity contribution is -0.121. The van der Waals surface area contributed by atoms with E-state index in [9.17, 15) is 4.79 Å². The number of hydrogen-bond donors (Lipinski definition) is 1. The smallest absolute Gasteiger partial charge is 0.252 e. The van der Waals surface area contributed by atoms with Crippen molar-refractivity contribution < 1.29 is 14.3 Å². The summed E-state index contributed by atoms with van der Waals surface area (Å²) in [6.07, 6.45) is 1.61. The first-order chi connectivity index (χ1) is 18.0. The molecule has 0 bridgehead atoms. The third kappa shape index (κ3) is 7.33. The molecule has 0 fully saturated rings. The minimum absolute atomic E-state index is 0.212. The van der Waals surface area contributed by atoms with Crippen LogP contribution in [-0.2, 0) is 11.4 Å². The van der Waals surface area contributed by atoms with Crippen LogP contribution in [0, 0.1) is 3.57 Å². The highest BCUT2D eigenvalue weighted by Gasteiger charge is 2.22. The Bertz CT molecular complexity index is 1310. The van der Waals surface area contributed by atoms with Crippen molar-refractivity contribution >= 4 is 46.3 Å². The van der Waals surface area contributed by atoms with Crippen molar-refractivity contribution in [3.63, 3.8) is 0 Å². The van der Waals surface area contributed by atoms with Crippen LogP contribution < -0.4 is 14.9 Å². The Kier molecular flexibility index (Phi) is 9.57. The van der Waals surface area contributed by atoms with E-state index in [1.807, 2.05) is 104 Å². The topological polar surface area (TPSA) is 59.9 Å². The third-order valence-corrected chi connectivity index (χ3v) is 6.60. The van der Waals surface area contributed by atoms with E-state index in [0.29, 0.717) is 29.7 Å². The number of benzene rings is 4. The molecule has 4 aromatic carbocycles. The molecule has 0 aliphatic heterocycles. The van der Waals surface area contributed by atoms with Gasteiger partial charge in [0.25, 0.3) is 5.91 Å². The SMILES string of the molecule is CCOc1cc(/C=N/NC(=O)C(c2ccccc2)c2ccccc2)cc(I)c1OCc1ccc(Cl)cc1. The zero-order chi connectivity index (χ0) is 26.0. The maximum atomic E-state index is 13.2. The van der Waals surface area contributed by atoms with Crippen LogP contribution in [0.5, 0.6) is 11.5 Å². The number of nitrogens with zero attached hydrogens (tertiary/aromatic N) is 1. The Hall–Kier alpha value is -3.36. The van der Waals surface area contributed by atoms with Crippen LogP contribution in [0.2, 0.25) is 5.02 Å². The van der Waals surface area contributed by atoms with Crippen LogP contribution in [-0.4, -0.2) is 18.7 Å². The van der Waals surface area contributed by atoms with Crippen molar-refractivity contribution in [3.05, 3.63) is 128 Å². The van der Waals surface area contributed by atoms with Gasteiger partial charge in [0.2, 0.25) is 0 Å². The van der Waals surface area contributed by atoms with Gasteiger partial charge in [0, 0.05) is 5.02 Å². The molecule has 0 spiro atoms. The number of nitrogens with one attached hydrogen (secondary N) is 1. The van der Waals surface area contributed by atoms with Gasteiger partial charge in [-0.3, -0.25) is 4.79 Å². The number of hydrazone groups is 1. The lowest BCUT2D eigenvalue weighted by Gasteiger charge is -2.16. The minimum Gasteiger partial charge on any atom is -0.490 e. The molecule has 4 aromatic rings. The monoisotopic (exact) mass is 624 g/mol. The van der Waals surface area contributed by atoms with Gasteiger partial charge in [0.05, 0.1) is 22.3 Å². The molecule has 5 nitrogen and oxygen atoms in total.